The fourth-order valence-electron chi connectivity index (χ4n) is 3.75. The Morgan fingerprint density at radius 1 is 1.11 bits per heavy atom. The number of nitrogens with zero attached hydrogens (tertiary/aromatic N) is 1. The summed E-state index contributed by atoms with van der Waals surface area (Å²) in [7, 11) is 0. The van der Waals surface area contributed by atoms with Crippen molar-refractivity contribution in [3.8, 4) is 0 Å². The van der Waals surface area contributed by atoms with Gasteiger partial charge in [-0.1, -0.05) is 25.0 Å². The van der Waals surface area contributed by atoms with E-state index in [0.29, 0.717) is 12.8 Å². The molecule has 0 spiro atoms. The van der Waals surface area contributed by atoms with E-state index < -0.39 is 5.54 Å². The number of carbonyl (C=O) groups is 2. The molecule has 98 valence electrons. The molecule has 4 heteroatoms. The van der Waals surface area contributed by atoms with Crippen LogP contribution in [-0.2, 0) is 9.59 Å². The van der Waals surface area contributed by atoms with Gasteiger partial charge >= 0.3 is 0 Å². The van der Waals surface area contributed by atoms with Crippen molar-refractivity contribution in [3.63, 3.8) is 0 Å². The summed E-state index contributed by atoms with van der Waals surface area (Å²) in [6, 6.07) is 0. The molecular weight excluding hydrogens is 230 g/mol. The van der Waals surface area contributed by atoms with Crippen LogP contribution in [-0.4, -0.2) is 34.0 Å². The first kappa shape index (κ1) is 11.9. The van der Waals surface area contributed by atoms with E-state index in [1.165, 1.54) is 4.90 Å². The molecule has 1 heterocycles. The Morgan fingerprint density at radius 3 is 2.06 bits per heavy atom. The molecule has 1 aliphatic heterocycles. The summed E-state index contributed by atoms with van der Waals surface area (Å²) in [6.45, 7) is -0.0860. The van der Waals surface area contributed by atoms with E-state index in [-0.39, 0.29) is 30.3 Å². The minimum absolute atomic E-state index is 0.0506. The van der Waals surface area contributed by atoms with Crippen LogP contribution in [0.1, 0.15) is 38.5 Å². The van der Waals surface area contributed by atoms with Gasteiger partial charge in [0, 0.05) is 0 Å². The quantitative estimate of drug-likeness (QED) is 0.592. The van der Waals surface area contributed by atoms with Gasteiger partial charge in [-0.2, -0.15) is 0 Å². The summed E-state index contributed by atoms with van der Waals surface area (Å²) in [6.07, 6.45) is 8.84. The maximum atomic E-state index is 12.5. The zero-order valence-electron chi connectivity index (χ0n) is 10.5. The topological polar surface area (TPSA) is 57.6 Å². The molecular formula is C14H19NO3. The van der Waals surface area contributed by atoms with E-state index in [1.54, 1.807) is 0 Å². The highest BCUT2D eigenvalue weighted by molar-refractivity contribution is 6.06. The second-order valence-electron chi connectivity index (χ2n) is 5.76. The predicted octanol–water partition coefficient (Wildman–Crippen LogP) is 1.24. The number of aliphatic hydroxyl groups excluding tert-OH is 1. The second-order valence-corrected chi connectivity index (χ2v) is 5.76. The Hall–Kier alpha value is -1.16. The number of hydrogen-bond donors (Lipinski definition) is 1. The third kappa shape index (κ3) is 1.48. The average Bonchev–Trinajstić information content (AvgIpc) is 2.96. The molecule has 2 fully saturated rings. The van der Waals surface area contributed by atoms with Crippen LogP contribution in [0.4, 0.5) is 0 Å². The lowest BCUT2D eigenvalue weighted by Gasteiger charge is -2.36. The molecule has 1 saturated heterocycles. The van der Waals surface area contributed by atoms with Gasteiger partial charge in [0.05, 0.1) is 24.0 Å². The van der Waals surface area contributed by atoms with Crippen molar-refractivity contribution in [2.24, 2.45) is 11.8 Å². The number of carbonyl (C=O) groups excluding carboxylic acids is 2. The zero-order valence-corrected chi connectivity index (χ0v) is 10.5. The SMILES string of the molecule is O=C1[C@H]2CC=CC[C@H]2C(=O)N1C1(CO)CCCC1. The van der Waals surface area contributed by atoms with Gasteiger partial charge in [-0.15, -0.1) is 0 Å². The molecule has 1 N–H and O–H groups in total. The first-order chi connectivity index (χ1) is 8.69. The van der Waals surface area contributed by atoms with Crippen LogP contribution >= 0.6 is 0 Å². The molecule has 0 unspecified atom stereocenters. The maximum Gasteiger partial charge on any atom is 0.234 e. The third-order valence-corrected chi connectivity index (χ3v) is 4.81. The summed E-state index contributed by atoms with van der Waals surface area (Å²) in [5.41, 5.74) is -0.592. The van der Waals surface area contributed by atoms with Crippen molar-refractivity contribution in [3.05, 3.63) is 12.2 Å². The standard InChI is InChI=1S/C14H19NO3/c16-9-14(7-3-4-8-14)15-12(17)10-5-1-2-6-11(10)13(15)18/h1-2,10-11,16H,3-9H2/t10-,11+. The number of fused-ring (bicyclic) bond motifs is 1. The molecule has 3 rings (SSSR count). The minimum Gasteiger partial charge on any atom is -0.394 e. The Kier molecular flexibility index (Phi) is 2.77. The van der Waals surface area contributed by atoms with Gasteiger partial charge < -0.3 is 5.11 Å². The van der Waals surface area contributed by atoms with Crippen molar-refractivity contribution < 1.29 is 14.7 Å². The second kappa shape index (κ2) is 4.19. The van der Waals surface area contributed by atoms with Gasteiger partial charge in [0.1, 0.15) is 0 Å². The molecule has 0 bridgehead atoms. The van der Waals surface area contributed by atoms with Crippen LogP contribution in [0.25, 0.3) is 0 Å². The van der Waals surface area contributed by atoms with E-state index in [1.807, 2.05) is 12.2 Å². The van der Waals surface area contributed by atoms with Gasteiger partial charge in [-0.3, -0.25) is 14.5 Å². The lowest BCUT2D eigenvalue weighted by molar-refractivity contribution is -0.149. The Morgan fingerprint density at radius 2 is 1.61 bits per heavy atom. The third-order valence-electron chi connectivity index (χ3n) is 4.81. The minimum atomic E-state index is -0.592. The summed E-state index contributed by atoms with van der Waals surface area (Å²) < 4.78 is 0. The lowest BCUT2D eigenvalue weighted by Crippen LogP contribution is -2.53. The molecule has 2 aliphatic carbocycles. The molecule has 2 amide bonds. The fourth-order valence-corrected chi connectivity index (χ4v) is 3.75. The van der Waals surface area contributed by atoms with Gasteiger partial charge in [-0.05, 0) is 25.7 Å². The van der Waals surface area contributed by atoms with Crippen molar-refractivity contribution >= 4 is 11.8 Å². The first-order valence-corrected chi connectivity index (χ1v) is 6.83. The first-order valence-electron chi connectivity index (χ1n) is 6.83. The smallest absolute Gasteiger partial charge is 0.234 e. The number of hydrogen-bond acceptors (Lipinski definition) is 3. The lowest BCUT2D eigenvalue weighted by atomic mass is 9.85. The van der Waals surface area contributed by atoms with E-state index in [2.05, 4.69) is 0 Å². The molecule has 0 aromatic carbocycles. The molecule has 3 aliphatic rings. The van der Waals surface area contributed by atoms with Crippen LogP contribution in [0, 0.1) is 11.8 Å². The molecule has 0 aromatic heterocycles. The largest absolute Gasteiger partial charge is 0.394 e. The number of rotatable bonds is 2. The number of allylic oxidation sites excluding steroid dienone is 2. The number of aliphatic hydroxyl groups is 1. The van der Waals surface area contributed by atoms with Crippen molar-refractivity contribution in [2.45, 2.75) is 44.1 Å². The van der Waals surface area contributed by atoms with E-state index in [9.17, 15) is 14.7 Å². The monoisotopic (exact) mass is 249 g/mol. The molecule has 0 aromatic rings. The number of likely N-dealkylation sites (tertiary alicyclic amines) is 1. The van der Waals surface area contributed by atoms with Crippen LogP contribution in [0.3, 0.4) is 0 Å². The molecule has 1 saturated carbocycles. The van der Waals surface area contributed by atoms with Gasteiger partial charge in [0.15, 0.2) is 0 Å². The maximum absolute atomic E-state index is 12.5. The van der Waals surface area contributed by atoms with Crippen LogP contribution < -0.4 is 0 Å². The van der Waals surface area contributed by atoms with Crippen molar-refractivity contribution in [2.75, 3.05) is 6.61 Å². The summed E-state index contributed by atoms with van der Waals surface area (Å²) in [5.74, 6) is -0.450. The van der Waals surface area contributed by atoms with E-state index >= 15 is 0 Å². The number of imide groups is 1. The van der Waals surface area contributed by atoms with Crippen LogP contribution in [0.5, 0.6) is 0 Å². The Labute approximate surface area is 107 Å². The van der Waals surface area contributed by atoms with Gasteiger partial charge in [-0.25, -0.2) is 0 Å². The zero-order chi connectivity index (χ0) is 12.8. The molecule has 2 atom stereocenters. The van der Waals surface area contributed by atoms with Gasteiger partial charge in [0.25, 0.3) is 0 Å². The Bertz CT molecular complexity index is 383. The predicted molar refractivity (Wildman–Crippen MR) is 65.5 cm³/mol. The molecule has 0 radical (unpaired) electrons. The summed E-state index contributed by atoms with van der Waals surface area (Å²) in [5, 5.41) is 9.68. The van der Waals surface area contributed by atoms with Gasteiger partial charge in [0.2, 0.25) is 11.8 Å². The van der Waals surface area contributed by atoms with E-state index in [4.69, 9.17) is 0 Å². The van der Waals surface area contributed by atoms with E-state index in [0.717, 1.165) is 25.7 Å². The van der Waals surface area contributed by atoms with Crippen molar-refractivity contribution in [1.29, 1.82) is 0 Å². The van der Waals surface area contributed by atoms with Crippen LogP contribution in [0.2, 0.25) is 0 Å². The summed E-state index contributed by atoms with van der Waals surface area (Å²) in [4.78, 5) is 26.4. The highest BCUT2D eigenvalue weighted by Gasteiger charge is 2.55. The average molecular weight is 249 g/mol. The highest BCUT2D eigenvalue weighted by Crippen LogP contribution is 2.43. The van der Waals surface area contributed by atoms with Crippen LogP contribution in [0.15, 0.2) is 12.2 Å². The fraction of sp³-hybridized carbons (Fsp3) is 0.714. The Balaban J connectivity index is 1.93. The normalized spacial score (nSPS) is 34.2. The number of amides is 2. The molecule has 4 nitrogen and oxygen atoms in total. The molecule has 18 heavy (non-hydrogen) atoms. The van der Waals surface area contributed by atoms with Crippen molar-refractivity contribution in [1.82, 2.24) is 4.90 Å². The highest BCUT2D eigenvalue weighted by atomic mass is 16.3. The summed E-state index contributed by atoms with van der Waals surface area (Å²) >= 11 is 0.